The highest BCUT2D eigenvalue weighted by atomic mass is 16.5. The topological polar surface area (TPSA) is 93.8 Å². The number of hydrogen-bond acceptors (Lipinski definition) is 5. The fraction of sp³-hybridized carbons (Fsp3) is 0.417. The van der Waals surface area contributed by atoms with Crippen LogP contribution in [0.2, 0.25) is 0 Å². The number of hydrogen-bond donors (Lipinski definition) is 3. The number of carbonyl (C=O) groups is 1. The number of amides is 1. The van der Waals surface area contributed by atoms with Crippen LogP contribution in [0.1, 0.15) is 5.56 Å². The molecule has 6 nitrogen and oxygen atoms in total. The van der Waals surface area contributed by atoms with E-state index in [9.17, 15) is 9.90 Å². The molecule has 1 atom stereocenters. The fourth-order valence-corrected chi connectivity index (χ4v) is 1.40. The van der Waals surface area contributed by atoms with Gasteiger partial charge in [0.15, 0.2) is 11.5 Å². The summed E-state index contributed by atoms with van der Waals surface area (Å²) in [6.45, 7) is 0.189. The van der Waals surface area contributed by atoms with Gasteiger partial charge < -0.3 is 25.6 Å². The van der Waals surface area contributed by atoms with E-state index >= 15 is 0 Å². The molecule has 0 aliphatic rings. The molecule has 1 rings (SSSR count). The molecule has 1 aromatic carbocycles. The lowest BCUT2D eigenvalue weighted by atomic mass is 10.2. The summed E-state index contributed by atoms with van der Waals surface area (Å²) in [6, 6.07) is 5.31. The Balaban J connectivity index is 2.66. The van der Waals surface area contributed by atoms with Gasteiger partial charge in [0.25, 0.3) is 0 Å². The minimum absolute atomic E-state index is 0.0994. The van der Waals surface area contributed by atoms with Gasteiger partial charge in [0.2, 0.25) is 5.91 Å². The van der Waals surface area contributed by atoms with E-state index in [4.69, 9.17) is 15.2 Å². The van der Waals surface area contributed by atoms with Crippen LogP contribution in [0, 0.1) is 0 Å². The summed E-state index contributed by atoms with van der Waals surface area (Å²) in [6.07, 6.45) is -1.18. The summed E-state index contributed by atoms with van der Waals surface area (Å²) in [7, 11) is 3.09. The normalized spacial score (nSPS) is 11.8. The van der Waals surface area contributed by atoms with Gasteiger partial charge in [-0.1, -0.05) is 6.07 Å². The van der Waals surface area contributed by atoms with Crippen molar-refractivity contribution in [2.24, 2.45) is 5.73 Å². The van der Waals surface area contributed by atoms with Gasteiger partial charge in [-0.25, -0.2) is 0 Å². The molecule has 0 saturated carbocycles. The number of rotatable bonds is 6. The van der Waals surface area contributed by atoms with Crippen molar-refractivity contribution in [3.63, 3.8) is 0 Å². The number of carbonyl (C=O) groups excluding carboxylic acids is 1. The Bertz CT molecular complexity index is 409. The summed E-state index contributed by atoms with van der Waals surface area (Å²) in [5.74, 6) is 0.713. The van der Waals surface area contributed by atoms with Crippen LogP contribution in [0.25, 0.3) is 0 Å². The Labute approximate surface area is 106 Å². The largest absolute Gasteiger partial charge is 0.493 e. The molecule has 0 saturated heterocycles. The van der Waals surface area contributed by atoms with E-state index in [1.165, 1.54) is 0 Å². The first-order chi connectivity index (χ1) is 8.62. The monoisotopic (exact) mass is 254 g/mol. The Morgan fingerprint density at radius 1 is 1.39 bits per heavy atom. The predicted molar refractivity (Wildman–Crippen MR) is 66.5 cm³/mol. The quantitative estimate of drug-likeness (QED) is 0.644. The van der Waals surface area contributed by atoms with E-state index in [2.05, 4.69) is 5.32 Å². The standard InChI is InChI=1S/C12H18N2O4/c1-17-10-4-3-8(5-11(10)18-2)7-14-12(16)9(15)6-13/h3-5,9,15H,6-7,13H2,1-2H3,(H,14,16). The van der Waals surface area contributed by atoms with Crippen molar-refractivity contribution in [2.75, 3.05) is 20.8 Å². The number of ether oxygens (including phenoxy) is 2. The summed E-state index contributed by atoms with van der Waals surface area (Å²) < 4.78 is 10.2. The van der Waals surface area contributed by atoms with Crippen LogP contribution in [0.5, 0.6) is 11.5 Å². The van der Waals surface area contributed by atoms with Gasteiger partial charge >= 0.3 is 0 Å². The number of nitrogens with one attached hydrogen (secondary N) is 1. The lowest BCUT2D eigenvalue weighted by molar-refractivity contribution is -0.128. The zero-order chi connectivity index (χ0) is 13.5. The molecule has 0 fully saturated rings. The van der Waals surface area contributed by atoms with Crippen molar-refractivity contribution in [3.8, 4) is 11.5 Å². The molecule has 0 heterocycles. The number of aliphatic hydroxyl groups excluding tert-OH is 1. The van der Waals surface area contributed by atoms with E-state index in [1.54, 1.807) is 32.4 Å². The third-order valence-corrected chi connectivity index (χ3v) is 2.44. The SMILES string of the molecule is COc1ccc(CNC(=O)C(O)CN)cc1OC. The Hall–Kier alpha value is -1.79. The molecule has 1 unspecified atom stereocenters. The van der Waals surface area contributed by atoms with Crippen LogP contribution >= 0.6 is 0 Å². The highest BCUT2D eigenvalue weighted by Gasteiger charge is 2.12. The average molecular weight is 254 g/mol. The van der Waals surface area contributed by atoms with E-state index < -0.39 is 12.0 Å². The Morgan fingerprint density at radius 2 is 2.06 bits per heavy atom. The smallest absolute Gasteiger partial charge is 0.250 e. The van der Waals surface area contributed by atoms with Crippen LogP contribution in [0.4, 0.5) is 0 Å². The van der Waals surface area contributed by atoms with Crippen LogP contribution in [0.15, 0.2) is 18.2 Å². The molecule has 0 aromatic heterocycles. The van der Waals surface area contributed by atoms with Crippen molar-refractivity contribution in [3.05, 3.63) is 23.8 Å². The van der Waals surface area contributed by atoms with Gasteiger partial charge in [-0.15, -0.1) is 0 Å². The van der Waals surface area contributed by atoms with Crippen molar-refractivity contribution >= 4 is 5.91 Å². The van der Waals surface area contributed by atoms with Crippen LogP contribution in [0.3, 0.4) is 0 Å². The molecule has 4 N–H and O–H groups in total. The zero-order valence-electron chi connectivity index (χ0n) is 10.5. The molecule has 1 aromatic rings. The number of aliphatic hydroxyl groups is 1. The first-order valence-corrected chi connectivity index (χ1v) is 5.49. The maximum absolute atomic E-state index is 11.3. The number of nitrogens with two attached hydrogens (primary N) is 1. The summed E-state index contributed by atoms with van der Waals surface area (Å²) in [5.41, 5.74) is 6.02. The number of benzene rings is 1. The lowest BCUT2D eigenvalue weighted by Gasteiger charge is -2.11. The average Bonchev–Trinajstić information content (AvgIpc) is 2.43. The van der Waals surface area contributed by atoms with Crippen LogP contribution < -0.4 is 20.5 Å². The van der Waals surface area contributed by atoms with E-state index in [0.717, 1.165) is 5.56 Å². The molecular weight excluding hydrogens is 236 g/mol. The molecule has 6 heteroatoms. The van der Waals surface area contributed by atoms with Gasteiger partial charge in [-0.2, -0.15) is 0 Å². The molecule has 0 bridgehead atoms. The Morgan fingerprint density at radius 3 is 2.61 bits per heavy atom. The zero-order valence-corrected chi connectivity index (χ0v) is 10.5. The minimum Gasteiger partial charge on any atom is -0.493 e. The van der Waals surface area contributed by atoms with E-state index in [0.29, 0.717) is 11.5 Å². The van der Waals surface area contributed by atoms with Crippen molar-refractivity contribution in [2.45, 2.75) is 12.6 Å². The summed E-state index contributed by atoms with van der Waals surface area (Å²) in [4.78, 5) is 11.3. The van der Waals surface area contributed by atoms with Crippen LogP contribution in [-0.4, -0.2) is 37.9 Å². The third-order valence-electron chi connectivity index (χ3n) is 2.44. The van der Waals surface area contributed by atoms with Gasteiger partial charge in [0.05, 0.1) is 14.2 Å². The van der Waals surface area contributed by atoms with Crippen molar-refractivity contribution in [1.82, 2.24) is 5.32 Å². The number of methoxy groups -OCH3 is 2. The molecule has 0 radical (unpaired) electrons. The maximum Gasteiger partial charge on any atom is 0.250 e. The van der Waals surface area contributed by atoms with E-state index in [-0.39, 0.29) is 13.1 Å². The molecule has 18 heavy (non-hydrogen) atoms. The lowest BCUT2D eigenvalue weighted by Crippen LogP contribution is -2.38. The second kappa shape index (κ2) is 6.83. The van der Waals surface area contributed by atoms with Crippen molar-refractivity contribution < 1.29 is 19.4 Å². The Kier molecular flexibility index (Phi) is 5.41. The van der Waals surface area contributed by atoms with Gasteiger partial charge in [0, 0.05) is 13.1 Å². The van der Waals surface area contributed by atoms with Crippen LogP contribution in [-0.2, 0) is 11.3 Å². The molecular formula is C12H18N2O4. The third kappa shape index (κ3) is 3.61. The second-order valence-corrected chi connectivity index (χ2v) is 3.66. The molecule has 0 aliphatic carbocycles. The minimum atomic E-state index is -1.18. The van der Waals surface area contributed by atoms with Crippen molar-refractivity contribution in [1.29, 1.82) is 0 Å². The molecule has 0 spiro atoms. The summed E-state index contributed by atoms with van der Waals surface area (Å²) >= 11 is 0. The first-order valence-electron chi connectivity index (χ1n) is 5.49. The molecule has 0 aliphatic heterocycles. The first kappa shape index (κ1) is 14.3. The maximum atomic E-state index is 11.3. The van der Waals surface area contributed by atoms with E-state index in [1.807, 2.05) is 0 Å². The second-order valence-electron chi connectivity index (χ2n) is 3.66. The van der Waals surface area contributed by atoms with Gasteiger partial charge in [-0.3, -0.25) is 4.79 Å². The predicted octanol–water partition coefficient (Wildman–Crippen LogP) is -0.360. The van der Waals surface area contributed by atoms with Gasteiger partial charge in [0.1, 0.15) is 6.10 Å². The van der Waals surface area contributed by atoms with Gasteiger partial charge in [-0.05, 0) is 17.7 Å². The highest BCUT2D eigenvalue weighted by molar-refractivity contribution is 5.80. The highest BCUT2D eigenvalue weighted by Crippen LogP contribution is 2.27. The molecule has 1 amide bonds. The fourth-order valence-electron chi connectivity index (χ4n) is 1.40. The molecule has 100 valence electrons. The summed E-state index contributed by atoms with van der Waals surface area (Å²) in [5, 5.41) is 11.8.